The summed E-state index contributed by atoms with van der Waals surface area (Å²) in [7, 11) is 0. The fourth-order valence-electron chi connectivity index (χ4n) is 5.45. The van der Waals surface area contributed by atoms with Crippen LogP contribution in [0.15, 0.2) is 65.7 Å². The molecule has 302 valence electrons. The molecular formula is C37H56N10O7S. The van der Waals surface area contributed by atoms with Crippen LogP contribution in [0.25, 0.3) is 0 Å². The SMILES string of the molecule is CC(C)C[C@H](NC(=O)[C@H](NC(=O)[C@H](N)Cc1ccccc1)[C@H](C)O)C(=O)N[C@H](CS)C(=O)N[C@H](Cc1ccccc1)C(=O)N[C@H](CCCN=C(N)N)C(N)=O. The van der Waals surface area contributed by atoms with Crippen LogP contribution < -0.4 is 49.5 Å². The number of rotatable bonds is 23. The smallest absolute Gasteiger partial charge is 0.245 e. The summed E-state index contributed by atoms with van der Waals surface area (Å²) in [5.74, 6) is -4.96. The summed E-state index contributed by atoms with van der Waals surface area (Å²) in [6.07, 6.45) is -0.557. The minimum Gasteiger partial charge on any atom is -0.391 e. The van der Waals surface area contributed by atoms with E-state index >= 15 is 0 Å². The zero-order chi connectivity index (χ0) is 41.1. The number of nitrogens with two attached hydrogens (primary N) is 4. The minimum absolute atomic E-state index is 0.0264. The van der Waals surface area contributed by atoms with E-state index in [0.717, 1.165) is 5.56 Å². The zero-order valence-electron chi connectivity index (χ0n) is 31.4. The van der Waals surface area contributed by atoms with Crippen molar-refractivity contribution in [2.75, 3.05) is 12.3 Å². The lowest BCUT2D eigenvalue weighted by molar-refractivity contribution is -0.136. The Kier molecular flexibility index (Phi) is 19.7. The van der Waals surface area contributed by atoms with Gasteiger partial charge in [0.15, 0.2) is 5.96 Å². The largest absolute Gasteiger partial charge is 0.391 e. The first-order valence-corrected chi connectivity index (χ1v) is 18.6. The Labute approximate surface area is 327 Å². The Hall–Kier alpha value is -5.20. The van der Waals surface area contributed by atoms with E-state index in [-0.39, 0.29) is 49.9 Å². The summed E-state index contributed by atoms with van der Waals surface area (Å²) in [5, 5.41) is 23.3. The van der Waals surface area contributed by atoms with E-state index in [1.807, 2.05) is 19.9 Å². The lowest BCUT2D eigenvalue weighted by Gasteiger charge is -2.28. The van der Waals surface area contributed by atoms with Crippen LogP contribution in [0, 0.1) is 5.92 Å². The van der Waals surface area contributed by atoms with Gasteiger partial charge in [0.05, 0.1) is 12.1 Å². The summed E-state index contributed by atoms with van der Waals surface area (Å²) < 4.78 is 0. The summed E-state index contributed by atoms with van der Waals surface area (Å²) >= 11 is 4.26. The first-order valence-electron chi connectivity index (χ1n) is 18.0. The molecule has 55 heavy (non-hydrogen) atoms. The Morgan fingerprint density at radius 3 is 1.67 bits per heavy atom. The molecule has 17 nitrogen and oxygen atoms in total. The Bertz CT molecular complexity index is 1590. The third-order valence-electron chi connectivity index (χ3n) is 8.37. The summed E-state index contributed by atoms with van der Waals surface area (Å²) in [5.41, 5.74) is 23.8. The van der Waals surface area contributed by atoms with Crippen molar-refractivity contribution in [3.63, 3.8) is 0 Å². The molecule has 0 fully saturated rings. The standard InChI is InChI=1S/C37H56N10O7S/c1-21(2)17-27(45-36(54)30(22(3)48)47-32(50)25(38)18-23-11-6-4-7-12-23)33(51)46-29(20-55)35(53)44-28(19-24-13-8-5-9-14-24)34(52)43-26(31(39)49)15-10-16-42-37(40)41/h4-9,11-14,21-22,25-30,48,55H,10,15-20,38H2,1-3H3,(H2,39,49)(H,43,52)(H,44,53)(H,45,54)(H,46,51)(H,47,50)(H4,40,41,42)/t22-,25+,26+,27-,28+,29+,30+/m0/s1. The second kappa shape index (κ2) is 23.6. The lowest BCUT2D eigenvalue weighted by Crippen LogP contribution is -2.61. The number of aliphatic hydroxyl groups is 1. The molecule has 7 atom stereocenters. The summed E-state index contributed by atoms with van der Waals surface area (Å²) in [6, 6.07) is 10.6. The van der Waals surface area contributed by atoms with Crippen molar-refractivity contribution in [1.82, 2.24) is 26.6 Å². The van der Waals surface area contributed by atoms with E-state index in [2.05, 4.69) is 44.2 Å². The van der Waals surface area contributed by atoms with Crippen LogP contribution in [0.4, 0.5) is 0 Å². The molecule has 0 bridgehead atoms. The van der Waals surface area contributed by atoms with Gasteiger partial charge in [-0.15, -0.1) is 0 Å². The fraction of sp³-hybridized carbons (Fsp3) is 0.486. The molecule has 0 heterocycles. The van der Waals surface area contributed by atoms with Crippen molar-refractivity contribution in [2.45, 2.75) is 95.2 Å². The zero-order valence-corrected chi connectivity index (χ0v) is 32.3. The van der Waals surface area contributed by atoms with Crippen LogP contribution in [-0.2, 0) is 41.6 Å². The van der Waals surface area contributed by atoms with Gasteiger partial charge >= 0.3 is 0 Å². The molecule has 0 saturated heterocycles. The first kappa shape index (κ1) is 46.0. The molecule has 18 heteroatoms. The number of carbonyl (C=O) groups excluding carboxylic acids is 6. The predicted molar refractivity (Wildman–Crippen MR) is 212 cm³/mol. The van der Waals surface area contributed by atoms with Crippen molar-refractivity contribution >= 4 is 54.0 Å². The highest BCUT2D eigenvalue weighted by molar-refractivity contribution is 7.80. The lowest BCUT2D eigenvalue weighted by atomic mass is 10.0. The average molecular weight is 785 g/mol. The second-order valence-corrected chi connectivity index (χ2v) is 14.0. The normalized spacial score (nSPS) is 14.8. The number of amides is 6. The number of hydrogen-bond donors (Lipinski definition) is 11. The van der Waals surface area contributed by atoms with E-state index in [0.29, 0.717) is 12.0 Å². The highest BCUT2D eigenvalue weighted by atomic mass is 32.1. The quantitative estimate of drug-likeness (QED) is 0.0258. The van der Waals surface area contributed by atoms with Crippen molar-refractivity contribution < 1.29 is 33.9 Å². The van der Waals surface area contributed by atoms with Gasteiger partial charge in [0.25, 0.3) is 0 Å². The van der Waals surface area contributed by atoms with Gasteiger partial charge in [-0.1, -0.05) is 74.5 Å². The van der Waals surface area contributed by atoms with Crippen LogP contribution in [0.1, 0.15) is 51.2 Å². The third-order valence-corrected chi connectivity index (χ3v) is 8.74. The van der Waals surface area contributed by atoms with Gasteiger partial charge in [0.1, 0.15) is 30.2 Å². The van der Waals surface area contributed by atoms with Crippen molar-refractivity contribution in [3.8, 4) is 0 Å². The first-order chi connectivity index (χ1) is 26.0. The molecule has 2 aromatic rings. The van der Waals surface area contributed by atoms with Gasteiger partial charge < -0.3 is 54.6 Å². The number of benzene rings is 2. The molecule has 2 aromatic carbocycles. The number of carbonyl (C=O) groups is 6. The predicted octanol–water partition coefficient (Wildman–Crippen LogP) is -1.88. The van der Waals surface area contributed by atoms with E-state index in [1.165, 1.54) is 6.92 Å². The van der Waals surface area contributed by atoms with E-state index in [1.54, 1.807) is 54.6 Å². The molecule has 0 unspecified atom stereocenters. The van der Waals surface area contributed by atoms with Crippen LogP contribution in [-0.4, -0.2) is 101 Å². The highest BCUT2D eigenvalue weighted by Crippen LogP contribution is 2.10. The van der Waals surface area contributed by atoms with Crippen LogP contribution in [0.2, 0.25) is 0 Å². The molecule has 0 aliphatic rings. The van der Waals surface area contributed by atoms with Crippen LogP contribution >= 0.6 is 12.6 Å². The number of nitrogens with one attached hydrogen (secondary N) is 5. The van der Waals surface area contributed by atoms with Gasteiger partial charge in [0.2, 0.25) is 35.4 Å². The molecule has 0 saturated carbocycles. The van der Waals surface area contributed by atoms with Crippen molar-refractivity contribution in [2.24, 2.45) is 33.8 Å². The maximum atomic E-state index is 13.6. The number of primary amides is 1. The van der Waals surface area contributed by atoms with Crippen LogP contribution in [0.5, 0.6) is 0 Å². The van der Waals surface area contributed by atoms with E-state index in [9.17, 15) is 33.9 Å². The van der Waals surface area contributed by atoms with Crippen LogP contribution in [0.3, 0.4) is 0 Å². The molecule has 0 aliphatic heterocycles. The topological polar surface area (TPSA) is 299 Å². The third kappa shape index (κ3) is 16.8. The Morgan fingerprint density at radius 1 is 0.673 bits per heavy atom. The van der Waals surface area contributed by atoms with Gasteiger partial charge in [-0.3, -0.25) is 33.8 Å². The monoisotopic (exact) mass is 784 g/mol. The summed E-state index contributed by atoms with van der Waals surface area (Å²) in [4.78, 5) is 83.2. The highest BCUT2D eigenvalue weighted by Gasteiger charge is 2.34. The number of hydrogen-bond acceptors (Lipinski definition) is 10. The molecule has 14 N–H and O–H groups in total. The fourth-order valence-corrected chi connectivity index (χ4v) is 5.71. The molecular weight excluding hydrogens is 729 g/mol. The molecule has 0 spiro atoms. The Morgan fingerprint density at radius 2 is 1.16 bits per heavy atom. The van der Waals surface area contributed by atoms with E-state index in [4.69, 9.17) is 22.9 Å². The second-order valence-electron chi connectivity index (χ2n) is 13.6. The molecule has 6 amide bonds. The van der Waals surface area contributed by atoms with Gasteiger partial charge in [-0.05, 0) is 49.7 Å². The number of nitrogens with zero attached hydrogens (tertiary/aromatic N) is 1. The molecule has 0 radical (unpaired) electrons. The summed E-state index contributed by atoms with van der Waals surface area (Å²) in [6.45, 7) is 5.15. The van der Waals surface area contributed by atoms with Crippen molar-refractivity contribution in [1.29, 1.82) is 0 Å². The number of guanidine groups is 1. The maximum Gasteiger partial charge on any atom is 0.245 e. The van der Waals surface area contributed by atoms with Gasteiger partial charge in [-0.2, -0.15) is 12.6 Å². The van der Waals surface area contributed by atoms with E-state index < -0.39 is 77.8 Å². The van der Waals surface area contributed by atoms with Gasteiger partial charge in [0, 0.05) is 18.7 Å². The van der Waals surface area contributed by atoms with Gasteiger partial charge in [-0.25, -0.2) is 0 Å². The molecule has 0 aromatic heterocycles. The Balaban J connectivity index is 2.20. The number of aliphatic hydroxyl groups excluding tert-OH is 1. The number of aliphatic imine (C=N–C) groups is 1. The molecule has 2 rings (SSSR count). The van der Waals surface area contributed by atoms with Crippen molar-refractivity contribution in [3.05, 3.63) is 71.8 Å². The molecule has 0 aliphatic carbocycles. The number of thiol groups is 1. The minimum atomic E-state index is -1.45. The maximum absolute atomic E-state index is 13.6. The average Bonchev–Trinajstić information content (AvgIpc) is 3.13.